The summed E-state index contributed by atoms with van der Waals surface area (Å²) in [6, 6.07) is 9.18. The van der Waals surface area contributed by atoms with E-state index in [1.54, 1.807) is 39.5 Å². The summed E-state index contributed by atoms with van der Waals surface area (Å²) < 4.78 is 17.0. The third kappa shape index (κ3) is 2.85. The number of anilines is 1. The second kappa shape index (κ2) is 6.57. The zero-order chi connectivity index (χ0) is 17.3. The molecule has 1 heterocycles. The molecule has 2 aromatic carbocycles. The van der Waals surface area contributed by atoms with Crippen molar-refractivity contribution in [1.29, 1.82) is 0 Å². The van der Waals surface area contributed by atoms with Crippen LogP contribution in [0.1, 0.15) is 11.1 Å². The standard InChI is InChI=1S/C18H16BrNO4/c1-22-15-9-17(24-3)16(23-2)7-10(15)6-13-12-8-11(19)4-5-14(12)20-18(13)21/h4-9H,1-3H3,(H,20,21). The molecule has 0 atom stereocenters. The molecular formula is C18H16BrNO4. The molecule has 0 fully saturated rings. The van der Waals surface area contributed by atoms with Crippen molar-refractivity contribution in [1.82, 2.24) is 0 Å². The Hall–Kier alpha value is -2.47. The summed E-state index contributed by atoms with van der Waals surface area (Å²) in [6.45, 7) is 0. The molecule has 0 saturated carbocycles. The number of methoxy groups -OCH3 is 3. The number of rotatable bonds is 4. The van der Waals surface area contributed by atoms with Crippen LogP contribution in [0.15, 0.2) is 34.8 Å². The average molecular weight is 390 g/mol. The summed E-state index contributed by atoms with van der Waals surface area (Å²) in [6.07, 6.45) is 1.79. The average Bonchev–Trinajstić information content (AvgIpc) is 2.89. The highest BCUT2D eigenvalue weighted by molar-refractivity contribution is 9.10. The van der Waals surface area contributed by atoms with Gasteiger partial charge in [0.15, 0.2) is 11.5 Å². The van der Waals surface area contributed by atoms with Crippen molar-refractivity contribution in [2.75, 3.05) is 26.6 Å². The number of benzene rings is 2. The van der Waals surface area contributed by atoms with Crippen LogP contribution in [0.5, 0.6) is 17.2 Å². The summed E-state index contributed by atoms with van der Waals surface area (Å²) >= 11 is 3.44. The number of carbonyl (C=O) groups is 1. The van der Waals surface area contributed by atoms with Gasteiger partial charge in [-0.15, -0.1) is 0 Å². The van der Waals surface area contributed by atoms with Crippen LogP contribution in [0.2, 0.25) is 0 Å². The van der Waals surface area contributed by atoms with Gasteiger partial charge in [-0.05, 0) is 30.3 Å². The fourth-order valence-electron chi connectivity index (χ4n) is 2.62. The monoisotopic (exact) mass is 389 g/mol. The normalized spacial score (nSPS) is 14.3. The van der Waals surface area contributed by atoms with Crippen LogP contribution in [0.3, 0.4) is 0 Å². The zero-order valence-corrected chi connectivity index (χ0v) is 15.1. The maximum Gasteiger partial charge on any atom is 0.256 e. The van der Waals surface area contributed by atoms with Crippen LogP contribution in [0.25, 0.3) is 11.6 Å². The largest absolute Gasteiger partial charge is 0.496 e. The lowest BCUT2D eigenvalue weighted by Crippen LogP contribution is -2.03. The quantitative estimate of drug-likeness (QED) is 0.803. The summed E-state index contributed by atoms with van der Waals surface area (Å²) in [5.41, 5.74) is 2.92. The SMILES string of the molecule is COc1cc(OC)c(OC)cc1C=C1C(=O)Nc2ccc(Br)cc21. The van der Waals surface area contributed by atoms with Gasteiger partial charge in [-0.3, -0.25) is 4.79 Å². The van der Waals surface area contributed by atoms with E-state index in [1.807, 2.05) is 18.2 Å². The van der Waals surface area contributed by atoms with E-state index in [0.717, 1.165) is 21.3 Å². The van der Waals surface area contributed by atoms with Gasteiger partial charge in [0, 0.05) is 32.9 Å². The molecule has 1 amide bonds. The first-order chi connectivity index (χ1) is 11.6. The molecule has 6 heteroatoms. The molecule has 2 aromatic rings. The van der Waals surface area contributed by atoms with Gasteiger partial charge in [-0.25, -0.2) is 0 Å². The van der Waals surface area contributed by atoms with Gasteiger partial charge in [-0.1, -0.05) is 15.9 Å². The van der Waals surface area contributed by atoms with Gasteiger partial charge in [0.25, 0.3) is 5.91 Å². The van der Waals surface area contributed by atoms with E-state index in [1.165, 1.54) is 0 Å². The minimum absolute atomic E-state index is 0.153. The molecule has 1 aliphatic heterocycles. The summed E-state index contributed by atoms with van der Waals surface area (Å²) in [5.74, 6) is 1.57. The van der Waals surface area contributed by atoms with Crippen molar-refractivity contribution < 1.29 is 19.0 Å². The molecule has 0 spiro atoms. The highest BCUT2D eigenvalue weighted by Crippen LogP contribution is 2.39. The zero-order valence-electron chi connectivity index (χ0n) is 13.5. The first kappa shape index (κ1) is 16.4. The Labute approximate surface area is 148 Å². The van der Waals surface area contributed by atoms with Gasteiger partial charge in [0.05, 0.1) is 21.3 Å². The van der Waals surface area contributed by atoms with Crippen molar-refractivity contribution in [3.05, 3.63) is 45.9 Å². The number of halogens is 1. The van der Waals surface area contributed by atoms with Gasteiger partial charge in [-0.2, -0.15) is 0 Å². The van der Waals surface area contributed by atoms with E-state index in [-0.39, 0.29) is 5.91 Å². The highest BCUT2D eigenvalue weighted by atomic mass is 79.9. The Balaban J connectivity index is 2.15. The Bertz CT molecular complexity index is 845. The fourth-order valence-corrected chi connectivity index (χ4v) is 2.99. The maximum absolute atomic E-state index is 12.3. The van der Waals surface area contributed by atoms with Crippen molar-refractivity contribution >= 4 is 39.2 Å². The number of nitrogens with one attached hydrogen (secondary N) is 1. The number of hydrogen-bond acceptors (Lipinski definition) is 4. The van der Waals surface area contributed by atoms with Crippen molar-refractivity contribution in [3.8, 4) is 17.2 Å². The second-order valence-corrected chi connectivity index (χ2v) is 6.07. The molecule has 24 heavy (non-hydrogen) atoms. The van der Waals surface area contributed by atoms with Crippen LogP contribution in [-0.4, -0.2) is 27.2 Å². The van der Waals surface area contributed by atoms with Crippen LogP contribution >= 0.6 is 15.9 Å². The first-order valence-electron chi connectivity index (χ1n) is 7.20. The van der Waals surface area contributed by atoms with Crippen molar-refractivity contribution in [2.45, 2.75) is 0 Å². The van der Waals surface area contributed by atoms with E-state index < -0.39 is 0 Å². The number of fused-ring (bicyclic) bond motifs is 1. The predicted octanol–water partition coefficient (Wildman–Crippen LogP) is 3.97. The molecule has 0 radical (unpaired) electrons. The Morgan fingerprint density at radius 3 is 2.29 bits per heavy atom. The number of carbonyl (C=O) groups excluding carboxylic acids is 1. The second-order valence-electron chi connectivity index (χ2n) is 5.15. The molecule has 0 aromatic heterocycles. The first-order valence-corrected chi connectivity index (χ1v) is 7.99. The molecule has 1 aliphatic rings. The minimum atomic E-state index is -0.153. The predicted molar refractivity (Wildman–Crippen MR) is 96.7 cm³/mol. The van der Waals surface area contributed by atoms with E-state index in [2.05, 4.69) is 21.2 Å². The molecule has 0 unspecified atom stereocenters. The third-order valence-corrected chi connectivity index (χ3v) is 4.29. The van der Waals surface area contributed by atoms with E-state index in [9.17, 15) is 4.79 Å². The summed E-state index contributed by atoms with van der Waals surface area (Å²) in [7, 11) is 4.70. The molecule has 0 aliphatic carbocycles. The van der Waals surface area contributed by atoms with Gasteiger partial charge in [0.2, 0.25) is 0 Å². The van der Waals surface area contributed by atoms with Crippen LogP contribution < -0.4 is 19.5 Å². The van der Waals surface area contributed by atoms with Crippen LogP contribution in [-0.2, 0) is 4.79 Å². The molecule has 3 rings (SSSR count). The minimum Gasteiger partial charge on any atom is -0.496 e. The van der Waals surface area contributed by atoms with Gasteiger partial charge < -0.3 is 19.5 Å². The fraction of sp³-hybridized carbons (Fsp3) is 0.167. The number of hydrogen-bond donors (Lipinski definition) is 1. The lowest BCUT2D eigenvalue weighted by molar-refractivity contribution is -0.110. The smallest absolute Gasteiger partial charge is 0.256 e. The Morgan fingerprint density at radius 1 is 0.958 bits per heavy atom. The van der Waals surface area contributed by atoms with E-state index in [4.69, 9.17) is 14.2 Å². The molecule has 0 saturated heterocycles. The lowest BCUT2D eigenvalue weighted by Gasteiger charge is -2.12. The molecule has 5 nitrogen and oxygen atoms in total. The van der Waals surface area contributed by atoms with Crippen LogP contribution in [0, 0.1) is 0 Å². The van der Waals surface area contributed by atoms with Gasteiger partial charge >= 0.3 is 0 Å². The lowest BCUT2D eigenvalue weighted by atomic mass is 10.0. The topological polar surface area (TPSA) is 56.8 Å². The molecular weight excluding hydrogens is 374 g/mol. The maximum atomic E-state index is 12.3. The third-order valence-electron chi connectivity index (χ3n) is 3.80. The summed E-state index contributed by atoms with van der Waals surface area (Å²) in [5, 5.41) is 2.86. The van der Waals surface area contributed by atoms with Crippen LogP contribution in [0.4, 0.5) is 5.69 Å². The Morgan fingerprint density at radius 2 is 1.62 bits per heavy atom. The molecule has 1 N–H and O–H groups in total. The van der Waals surface area contributed by atoms with Gasteiger partial charge in [0.1, 0.15) is 5.75 Å². The van der Waals surface area contributed by atoms with E-state index in [0.29, 0.717) is 22.8 Å². The number of ether oxygens (including phenoxy) is 3. The van der Waals surface area contributed by atoms with Crippen molar-refractivity contribution in [3.63, 3.8) is 0 Å². The molecule has 0 bridgehead atoms. The highest BCUT2D eigenvalue weighted by Gasteiger charge is 2.25. The number of amides is 1. The summed E-state index contributed by atoms with van der Waals surface area (Å²) in [4.78, 5) is 12.3. The van der Waals surface area contributed by atoms with Crippen molar-refractivity contribution in [2.24, 2.45) is 0 Å². The van der Waals surface area contributed by atoms with E-state index >= 15 is 0 Å². The molecule has 124 valence electrons. The Kier molecular flexibility index (Phi) is 4.49.